The molecule has 0 radical (unpaired) electrons. The molecule has 2 fully saturated rings. The third-order valence-corrected chi connectivity index (χ3v) is 7.11. The normalized spacial score (nSPS) is 22.0. The van der Waals surface area contributed by atoms with Gasteiger partial charge in [-0.05, 0) is 31.7 Å². The number of thioether (sulfide) groups is 1. The van der Waals surface area contributed by atoms with Crippen LogP contribution in [0.2, 0.25) is 5.02 Å². The van der Waals surface area contributed by atoms with Crippen LogP contribution < -0.4 is 11.2 Å². The van der Waals surface area contributed by atoms with Crippen molar-refractivity contribution >= 4 is 52.6 Å². The Morgan fingerprint density at radius 2 is 2.04 bits per heavy atom. The van der Waals surface area contributed by atoms with Gasteiger partial charge in [0.2, 0.25) is 5.43 Å². The fourth-order valence-electron chi connectivity index (χ4n) is 3.58. The maximum atomic E-state index is 14.8. The molecule has 146 valence electrons. The molecule has 0 spiro atoms. The molecule has 2 aliphatic rings. The number of nitrogens with two attached hydrogens (primary N) is 1. The van der Waals surface area contributed by atoms with Crippen LogP contribution in [-0.2, 0) is 0 Å². The van der Waals surface area contributed by atoms with Crippen LogP contribution in [0.15, 0.2) is 22.0 Å². The average molecular weight is 433 g/mol. The fourth-order valence-corrected chi connectivity index (χ4v) is 5.27. The number of carbonyl (C=O) groups is 1. The highest BCUT2D eigenvalue weighted by Gasteiger charge is 2.31. The molecule has 1 heterocycles. The number of nitrogens with zero attached hydrogens (tertiary/aromatic N) is 1. The van der Waals surface area contributed by atoms with Crippen LogP contribution in [0.1, 0.15) is 48.5 Å². The summed E-state index contributed by atoms with van der Waals surface area (Å²) >= 11 is 7.87. The molecule has 0 unspecified atom stereocenters. The van der Waals surface area contributed by atoms with Crippen molar-refractivity contribution in [3.8, 4) is 0 Å². The first kappa shape index (κ1) is 20.5. The van der Waals surface area contributed by atoms with E-state index in [-0.39, 0.29) is 45.7 Å². The van der Waals surface area contributed by atoms with Crippen molar-refractivity contribution in [3.05, 3.63) is 38.9 Å². The quantitative estimate of drug-likeness (QED) is 0.754. The second-order valence-electron chi connectivity index (χ2n) is 6.96. The lowest BCUT2D eigenvalue weighted by Crippen LogP contribution is -2.26. The highest BCUT2D eigenvalue weighted by molar-refractivity contribution is 8.00. The van der Waals surface area contributed by atoms with Crippen molar-refractivity contribution in [2.75, 3.05) is 0 Å². The molecule has 0 aliphatic heterocycles. The van der Waals surface area contributed by atoms with Crippen LogP contribution in [0.5, 0.6) is 0 Å². The van der Waals surface area contributed by atoms with Crippen LogP contribution >= 0.6 is 35.8 Å². The smallest absolute Gasteiger partial charge is 0.341 e. The first-order valence-corrected chi connectivity index (χ1v) is 9.86. The van der Waals surface area contributed by atoms with E-state index in [1.54, 1.807) is 4.57 Å². The van der Waals surface area contributed by atoms with Crippen LogP contribution in [-0.4, -0.2) is 26.9 Å². The molecule has 0 amide bonds. The van der Waals surface area contributed by atoms with Gasteiger partial charge in [-0.15, -0.1) is 24.2 Å². The molecule has 2 aromatic rings. The second-order valence-corrected chi connectivity index (χ2v) is 8.59. The molecule has 3 N–H and O–H groups in total. The lowest BCUT2D eigenvalue weighted by Gasteiger charge is -2.19. The molecule has 2 aliphatic carbocycles. The Kier molecular flexibility index (Phi) is 5.77. The summed E-state index contributed by atoms with van der Waals surface area (Å²) in [7, 11) is 0. The number of hydrogen-bond acceptors (Lipinski definition) is 4. The first-order valence-electron chi connectivity index (χ1n) is 8.61. The number of halogens is 3. The predicted octanol–water partition coefficient (Wildman–Crippen LogP) is 4.22. The molecule has 2 atom stereocenters. The van der Waals surface area contributed by atoms with E-state index >= 15 is 0 Å². The molecule has 2 saturated carbocycles. The second kappa shape index (κ2) is 7.62. The van der Waals surface area contributed by atoms with Crippen molar-refractivity contribution < 1.29 is 14.3 Å². The van der Waals surface area contributed by atoms with E-state index in [2.05, 4.69) is 0 Å². The summed E-state index contributed by atoms with van der Waals surface area (Å²) in [4.78, 5) is 24.2. The minimum absolute atomic E-state index is 0. The Balaban J connectivity index is 0.00000210. The molecule has 5 nitrogen and oxygen atoms in total. The highest BCUT2D eigenvalue weighted by Crippen LogP contribution is 2.44. The summed E-state index contributed by atoms with van der Waals surface area (Å²) in [5.41, 5.74) is 5.44. The summed E-state index contributed by atoms with van der Waals surface area (Å²) in [6.07, 6.45) is 5.89. The van der Waals surface area contributed by atoms with Crippen LogP contribution in [0.4, 0.5) is 4.39 Å². The first-order chi connectivity index (χ1) is 12.4. The van der Waals surface area contributed by atoms with E-state index in [9.17, 15) is 19.1 Å². The lowest BCUT2D eigenvalue weighted by atomic mass is 10.1. The number of carboxylic acids is 1. The molecule has 1 aromatic carbocycles. The maximum absolute atomic E-state index is 14.8. The molecule has 9 heteroatoms. The summed E-state index contributed by atoms with van der Waals surface area (Å²) in [5, 5.41) is 9.57. The van der Waals surface area contributed by atoms with Crippen molar-refractivity contribution in [1.82, 2.24) is 4.57 Å². The fraction of sp³-hybridized carbons (Fsp3) is 0.444. The SMILES string of the molecule is Cl.N[C@@H]1CCC[C@H]1Sc1c(F)cc2c(=O)c(C(=O)O)cn(C3CC3)c2c1Cl. The van der Waals surface area contributed by atoms with Gasteiger partial charge in [0, 0.05) is 23.5 Å². The molecule has 1 aromatic heterocycles. The van der Waals surface area contributed by atoms with Crippen LogP contribution in [0.3, 0.4) is 0 Å². The maximum Gasteiger partial charge on any atom is 0.341 e. The van der Waals surface area contributed by atoms with Gasteiger partial charge in [-0.2, -0.15) is 0 Å². The molecule has 27 heavy (non-hydrogen) atoms. The minimum atomic E-state index is -1.32. The zero-order valence-electron chi connectivity index (χ0n) is 14.3. The predicted molar refractivity (Wildman–Crippen MR) is 107 cm³/mol. The Bertz CT molecular complexity index is 977. The number of fused-ring (bicyclic) bond motifs is 1. The van der Waals surface area contributed by atoms with Crippen LogP contribution in [0.25, 0.3) is 10.9 Å². The largest absolute Gasteiger partial charge is 0.477 e. The Labute approximate surface area is 170 Å². The summed E-state index contributed by atoms with van der Waals surface area (Å²) in [6.45, 7) is 0. The van der Waals surface area contributed by atoms with E-state index in [0.717, 1.165) is 38.2 Å². The Morgan fingerprint density at radius 1 is 1.33 bits per heavy atom. The van der Waals surface area contributed by atoms with Gasteiger partial charge in [0.15, 0.2) is 0 Å². The summed E-state index contributed by atoms with van der Waals surface area (Å²) in [6, 6.07) is 1.20. The van der Waals surface area contributed by atoms with Gasteiger partial charge in [0.05, 0.1) is 20.8 Å². The topological polar surface area (TPSA) is 85.3 Å². The van der Waals surface area contributed by atoms with E-state index in [0.29, 0.717) is 10.4 Å². The third kappa shape index (κ3) is 3.58. The molecule has 0 saturated heterocycles. The van der Waals surface area contributed by atoms with Gasteiger partial charge < -0.3 is 15.4 Å². The number of benzene rings is 1. The third-order valence-electron chi connectivity index (χ3n) is 5.11. The van der Waals surface area contributed by atoms with Gasteiger partial charge in [-0.25, -0.2) is 9.18 Å². The van der Waals surface area contributed by atoms with Gasteiger partial charge in [0.25, 0.3) is 0 Å². The number of rotatable bonds is 4. The van der Waals surface area contributed by atoms with Gasteiger partial charge in [-0.1, -0.05) is 18.0 Å². The van der Waals surface area contributed by atoms with E-state index in [4.69, 9.17) is 17.3 Å². The molecular weight excluding hydrogens is 414 g/mol. The number of aromatic nitrogens is 1. The van der Waals surface area contributed by atoms with Crippen molar-refractivity contribution in [1.29, 1.82) is 0 Å². The zero-order chi connectivity index (χ0) is 18.6. The molecule has 0 bridgehead atoms. The van der Waals surface area contributed by atoms with Gasteiger partial charge >= 0.3 is 5.97 Å². The van der Waals surface area contributed by atoms with Crippen molar-refractivity contribution in [2.45, 2.75) is 54.3 Å². The summed E-state index contributed by atoms with van der Waals surface area (Å²) in [5.74, 6) is -1.92. The zero-order valence-corrected chi connectivity index (χ0v) is 16.7. The lowest BCUT2D eigenvalue weighted by molar-refractivity contribution is 0.0695. The van der Waals surface area contributed by atoms with Gasteiger partial charge in [0.1, 0.15) is 11.4 Å². The average Bonchev–Trinajstić information content (AvgIpc) is 3.35. The number of hydrogen-bond donors (Lipinski definition) is 2. The van der Waals surface area contributed by atoms with E-state index < -0.39 is 17.2 Å². The van der Waals surface area contributed by atoms with Gasteiger partial charge in [-0.3, -0.25) is 4.79 Å². The van der Waals surface area contributed by atoms with Crippen LogP contribution in [0, 0.1) is 5.82 Å². The number of pyridine rings is 1. The van der Waals surface area contributed by atoms with E-state index in [1.807, 2.05) is 0 Å². The minimum Gasteiger partial charge on any atom is -0.477 e. The number of aromatic carboxylic acids is 1. The molecule has 4 rings (SSSR count). The Morgan fingerprint density at radius 3 is 2.59 bits per heavy atom. The standard InChI is InChI=1S/C18H18ClFN2O3S.ClH/c19-14-15-9(6-11(20)17(14)26-13-3-1-2-12(13)21)16(23)10(18(24)25)7-22(15)8-4-5-8;/h6-8,12-13H,1-5,21H2,(H,24,25);1H/t12-,13-;/m1./s1. The monoisotopic (exact) mass is 432 g/mol. The van der Waals surface area contributed by atoms with Crippen molar-refractivity contribution in [3.63, 3.8) is 0 Å². The van der Waals surface area contributed by atoms with Crippen molar-refractivity contribution in [2.24, 2.45) is 5.73 Å². The Hall–Kier alpha value is -1.28. The molecular formula is C18H19Cl2FN2O3S. The summed E-state index contributed by atoms with van der Waals surface area (Å²) < 4.78 is 16.5. The highest BCUT2D eigenvalue weighted by atomic mass is 35.5. The number of carboxylic acid groups (broad SMARTS) is 1. The van der Waals surface area contributed by atoms with E-state index in [1.165, 1.54) is 18.0 Å².